The summed E-state index contributed by atoms with van der Waals surface area (Å²) in [6.45, 7) is 1.76. The molecular weight excluding hydrogens is 409 g/mol. The maximum atomic E-state index is 12.4. The van der Waals surface area contributed by atoms with Crippen LogP contribution < -0.4 is 10.7 Å². The van der Waals surface area contributed by atoms with E-state index in [0.29, 0.717) is 32.6 Å². The quantitative estimate of drug-likeness (QED) is 0.424. The Morgan fingerprint density at radius 1 is 0.759 bits per heavy atom. The fraction of sp³-hybridized carbons (Fsp3) is 0.0455. The van der Waals surface area contributed by atoms with Gasteiger partial charge in [-0.1, -0.05) is 47.5 Å². The summed E-state index contributed by atoms with van der Waals surface area (Å²) in [6, 6.07) is 20.5. The van der Waals surface area contributed by atoms with Gasteiger partial charge in [0.1, 0.15) is 0 Å². The minimum atomic E-state index is -0.364. The van der Waals surface area contributed by atoms with Gasteiger partial charge in [-0.15, -0.1) is 0 Å². The van der Waals surface area contributed by atoms with Crippen LogP contribution in [0.1, 0.15) is 33.2 Å². The number of nitrogens with one attached hydrogen (secondary N) is 2. The van der Waals surface area contributed by atoms with Gasteiger partial charge in [-0.05, 0) is 61.0 Å². The van der Waals surface area contributed by atoms with E-state index in [1.807, 2.05) is 6.07 Å². The Labute approximate surface area is 178 Å². The molecule has 0 aliphatic rings. The smallest absolute Gasteiger partial charge is 0.271 e. The summed E-state index contributed by atoms with van der Waals surface area (Å²) >= 11 is 11.8. The molecule has 0 bridgehead atoms. The van der Waals surface area contributed by atoms with Gasteiger partial charge in [-0.3, -0.25) is 9.59 Å². The van der Waals surface area contributed by atoms with Crippen LogP contribution >= 0.6 is 23.2 Å². The average Bonchev–Trinajstić information content (AvgIpc) is 2.72. The van der Waals surface area contributed by atoms with E-state index >= 15 is 0 Å². The standard InChI is InChI=1S/C22H17Cl2N3O2/c1-14(26-27-22(29)17-7-3-9-19(24)12-17)15-5-4-10-20(13-15)25-21(28)16-6-2-8-18(23)11-16/h2-13H,1H3,(H,25,28)(H,27,29)/b26-14-. The number of hydrogen-bond acceptors (Lipinski definition) is 3. The molecule has 0 heterocycles. The first kappa shape index (κ1) is 20.6. The van der Waals surface area contributed by atoms with Crippen molar-refractivity contribution in [1.29, 1.82) is 0 Å². The Morgan fingerprint density at radius 2 is 1.31 bits per heavy atom. The first-order chi connectivity index (χ1) is 13.9. The van der Waals surface area contributed by atoms with Crippen LogP contribution in [-0.2, 0) is 0 Å². The Kier molecular flexibility index (Phi) is 6.65. The van der Waals surface area contributed by atoms with Crippen LogP contribution in [0.3, 0.4) is 0 Å². The maximum Gasteiger partial charge on any atom is 0.271 e. The predicted octanol–water partition coefficient (Wildman–Crippen LogP) is 5.40. The molecule has 0 spiro atoms. The molecule has 3 aromatic carbocycles. The van der Waals surface area contributed by atoms with Gasteiger partial charge in [0, 0.05) is 26.9 Å². The first-order valence-electron chi connectivity index (χ1n) is 8.70. The molecule has 0 aliphatic heterocycles. The van der Waals surface area contributed by atoms with Crippen molar-refractivity contribution in [2.75, 3.05) is 5.32 Å². The third kappa shape index (κ3) is 5.67. The molecular formula is C22H17Cl2N3O2. The van der Waals surface area contributed by atoms with Crippen molar-refractivity contribution in [2.24, 2.45) is 5.10 Å². The van der Waals surface area contributed by atoms with E-state index in [1.54, 1.807) is 73.7 Å². The zero-order valence-electron chi connectivity index (χ0n) is 15.4. The van der Waals surface area contributed by atoms with Gasteiger partial charge in [0.2, 0.25) is 0 Å². The van der Waals surface area contributed by atoms with E-state index < -0.39 is 0 Å². The number of rotatable bonds is 5. The molecule has 0 radical (unpaired) electrons. The second-order valence-electron chi connectivity index (χ2n) is 6.19. The summed E-state index contributed by atoms with van der Waals surface area (Å²) in [7, 11) is 0. The molecule has 2 amide bonds. The maximum absolute atomic E-state index is 12.4. The number of benzene rings is 3. The highest BCUT2D eigenvalue weighted by molar-refractivity contribution is 6.31. The minimum absolute atomic E-state index is 0.270. The molecule has 29 heavy (non-hydrogen) atoms. The van der Waals surface area contributed by atoms with E-state index in [1.165, 1.54) is 0 Å². The lowest BCUT2D eigenvalue weighted by molar-refractivity contribution is 0.0954. The largest absolute Gasteiger partial charge is 0.322 e. The van der Waals surface area contributed by atoms with Crippen molar-refractivity contribution in [3.05, 3.63) is 99.5 Å². The molecule has 0 saturated heterocycles. The number of anilines is 1. The van der Waals surface area contributed by atoms with Crippen molar-refractivity contribution >= 4 is 46.4 Å². The van der Waals surface area contributed by atoms with Crippen LogP contribution in [0, 0.1) is 0 Å². The van der Waals surface area contributed by atoms with Gasteiger partial charge in [-0.25, -0.2) is 5.43 Å². The van der Waals surface area contributed by atoms with E-state index in [9.17, 15) is 9.59 Å². The lowest BCUT2D eigenvalue weighted by Gasteiger charge is -2.08. The molecule has 146 valence electrons. The molecule has 0 fully saturated rings. The summed E-state index contributed by atoms with van der Waals surface area (Å²) < 4.78 is 0. The highest BCUT2D eigenvalue weighted by atomic mass is 35.5. The van der Waals surface area contributed by atoms with E-state index in [4.69, 9.17) is 23.2 Å². The lowest BCUT2D eigenvalue weighted by atomic mass is 10.1. The number of amides is 2. The molecule has 0 aromatic heterocycles. The van der Waals surface area contributed by atoms with Crippen LogP contribution in [0.5, 0.6) is 0 Å². The van der Waals surface area contributed by atoms with Gasteiger partial charge < -0.3 is 5.32 Å². The van der Waals surface area contributed by atoms with Gasteiger partial charge in [0.05, 0.1) is 5.71 Å². The summed E-state index contributed by atoms with van der Waals surface area (Å²) in [5.41, 5.74) is 5.31. The zero-order chi connectivity index (χ0) is 20.8. The molecule has 0 atom stereocenters. The van der Waals surface area contributed by atoms with Crippen LogP contribution in [0.2, 0.25) is 10.0 Å². The fourth-order valence-corrected chi connectivity index (χ4v) is 2.93. The summed E-state index contributed by atoms with van der Waals surface area (Å²) in [5, 5.41) is 7.92. The molecule has 2 N–H and O–H groups in total. The minimum Gasteiger partial charge on any atom is -0.322 e. The van der Waals surface area contributed by atoms with Crippen LogP contribution in [0.25, 0.3) is 0 Å². The molecule has 0 unspecified atom stereocenters. The van der Waals surface area contributed by atoms with Crippen molar-refractivity contribution in [3.63, 3.8) is 0 Å². The van der Waals surface area contributed by atoms with Crippen LogP contribution in [-0.4, -0.2) is 17.5 Å². The number of carbonyl (C=O) groups is 2. The molecule has 7 heteroatoms. The molecule has 5 nitrogen and oxygen atoms in total. The fourth-order valence-electron chi connectivity index (χ4n) is 2.55. The Bertz CT molecular complexity index is 1100. The van der Waals surface area contributed by atoms with E-state index in [0.717, 1.165) is 5.56 Å². The van der Waals surface area contributed by atoms with Crippen molar-refractivity contribution in [1.82, 2.24) is 5.43 Å². The zero-order valence-corrected chi connectivity index (χ0v) is 17.0. The Balaban J connectivity index is 1.70. The molecule has 3 aromatic rings. The Morgan fingerprint density at radius 3 is 1.93 bits per heavy atom. The summed E-state index contributed by atoms with van der Waals surface area (Å²) in [4.78, 5) is 24.6. The second-order valence-corrected chi connectivity index (χ2v) is 7.07. The van der Waals surface area contributed by atoms with E-state index in [2.05, 4.69) is 15.8 Å². The number of halogens is 2. The summed E-state index contributed by atoms with van der Waals surface area (Å²) in [6.07, 6.45) is 0. The number of hydrogen-bond donors (Lipinski definition) is 2. The third-order valence-corrected chi connectivity index (χ3v) is 4.51. The molecule has 3 rings (SSSR count). The van der Waals surface area contributed by atoms with Crippen molar-refractivity contribution in [3.8, 4) is 0 Å². The molecule has 0 saturated carbocycles. The van der Waals surface area contributed by atoms with Gasteiger partial charge in [-0.2, -0.15) is 5.10 Å². The monoisotopic (exact) mass is 425 g/mol. The Hall–Kier alpha value is -3.15. The SMILES string of the molecule is C/C(=N/NC(=O)c1cccc(Cl)c1)c1cccc(NC(=O)c2cccc(Cl)c2)c1. The highest BCUT2D eigenvalue weighted by Gasteiger charge is 2.09. The van der Waals surface area contributed by atoms with Crippen molar-refractivity contribution in [2.45, 2.75) is 6.92 Å². The topological polar surface area (TPSA) is 70.6 Å². The van der Waals surface area contributed by atoms with Gasteiger partial charge >= 0.3 is 0 Å². The van der Waals surface area contributed by atoms with E-state index in [-0.39, 0.29) is 11.8 Å². The van der Waals surface area contributed by atoms with Crippen LogP contribution in [0.15, 0.2) is 77.9 Å². The van der Waals surface area contributed by atoms with Gasteiger partial charge in [0.15, 0.2) is 0 Å². The summed E-state index contributed by atoms with van der Waals surface area (Å²) in [5.74, 6) is -0.634. The predicted molar refractivity (Wildman–Crippen MR) is 117 cm³/mol. The second kappa shape index (κ2) is 9.37. The van der Waals surface area contributed by atoms with Crippen molar-refractivity contribution < 1.29 is 9.59 Å². The highest BCUT2D eigenvalue weighted by Crippen LogP contribution is 2.16. The lowest BCUT2D eigenvalue weighted by Crippen LogP contribution is -2.19. The average molecular weight is 426 g/mol. The van der Waals surface area contributed by atoms with Gasteiger partial charge in [0.25, 0.3) is 11.8 Å². The third-order valence-electron chi connectivity index (χ3n) is 4.04. The number of carbonyl (C=O) groups excluding carboxylic acids is 2. The molecule has 0 aliphatic carbocycles. The number of hydrazone groups is 1. The number of nitrogens with zero attached hydrogens (tertiary/aromatic N) is 1. The van der Waals surface area contributed by atoms with Crippen LogP contribution in [0.4, 0.5) is 5.69 Å². The first-order valence-corrected chi connectivity index (χ1v) is 9.45. The normalized spacial score (nSPS) is 11.1.